The predicted molar refractivity (Wildman–Crippen MR) is 38.6 cm³/mol. The van der Waals surface area contributed by atoms with Crippen molar-refractivity contribution in [3.63, 3.8) is 0 Å². The minimum absolute atomic E-state index is 1.17. The van der Waals surface area contributed by atoms with Gasteiger partial charge >= 0.3 is 16.8 Å². The summed E-state index contributed by atoms with van der Waals surface area (Å²) in [4.78, 5) is 26.3. The van der Waals surface area contributed by atoms with E-state index in [2.05, 4.69) is 12.6 Å². The van der Waals surface area contributed by atoms with Crippen LogP contribution in [0.5, 0.6) is 0 Å². The first-order valence-electron chi connectivity index (χ1n) is 2.62. The van der Waals surface area contributed by atoms with Gasteiger partial charge in [0.1, 0.15) is 6.42 Å². The quantitative estimate of drug-likeness (QED) is 0.240. The van der Waals surface area contributed by atoms with Crippen molar-refractivity contribution < 1.29 is 24.7 Å². The highest BCUT2D eigenvalue weighted by Crippen LogP contribution is 2.20. The number of thiol groups is 1. The molecule has 0 saturated carbocycles. The second kappa shape index (κ2) is 3.39. The monoisotopic (exact) mass is 195 g/mol. The van der Waals surface area contributed by atoms with Crippen molar-refractivity contribution in [2.45, 2.75) is 11.3 Å². The Labute approximate surface area is 71.6 Å². The van der Waals surface area contributed by atoms with Crippen molar-refractivity contribution >= 4 is 24.6 Å². The number of nitro groups is 1. The Bertz CT molecular complexity index is 224. The molecular weight excluding hydrogens is 190 g/mol. The molecule has 0 heterocycles. The fraction of sp³-hybridized carbons (Fsp3) is 0.500. The molecule has 0 saturated heterocycles. The average molecular weight is 195 g/mol. The Hall–Kier alpha value is -1.31. The smallest absolute Gasteiger partial charge is 0.394 e. The van der Waals surface area contributed by atoms with E-state index in [4.69, 9.17) is 10.2 Å². The highest BCUT2D eigenvalue weighted by molar-refractivity contribution is 7.82. The molecule has 7 nitrogen and oxygen atoms in total. The van der Waals surface area contributed by atoms with Crippen LogP contribution in [0.2, 0.25) is 0 Å². The maximum absolute atomic E-state index is 10.2. The second-order valence-electron chi connectivity index (χ2n) is 1.95. The van der Waals surface area contributed by atoms with E-state index in [0.717, 1.165) is 0 Å². The van der Waals surface area contributed by atoms with Crippen molar-refractivity contribution in [3.05, 3.63) is 10.1 Å². The summed E-state index contributed by atoms with van der Waals surface area (Å²) < 4.78 is 0. The number of carboxylic acid groups (broad SMARTS) is 2. The first-order chi connectivity index (χ1) is 5.30. The van der Waals surface area contributed by atoms with Gasteiger partial charge in [-0.3, -0.25) is 14.9 Å². The molecule has 0 aromatic heterocycles. The topological polar surface area (TPSA) is 118 Å². The zero-order valence-electron chi connectivity index (χ0n) is 5.63. The maximum Gasteiger partial charge on any atom is 0.394 e. The number of carbonyl (C=O) groups is 2. The van der Waals surface area contributed by atoms with Gasteiger partial charge in [0.2, 0.25) is 0 Å². The summed E-state index contributed by atoms with van der Waals surface area (Å²) in [6, 6.07) is 0. The molecule has 0 aliphatic rings. The van der Waals surface area contributed by atoms with Crippen LogP contribution in [0.4, 0.5) is 0 Å². The lowest BCUT2D eigenvalue weighted by molar-refractivity contribution is -0.523. The van der Waals surface area contributed by atoms with Crippen LogP contribution in [0, 0.1) is 10.1 Å². The van der Waals surface area contributed by atoms with E-state index in [1.165, 1.54) is 0 Å². The largest absolute Gasteiger partial charge is 0.481 e. The van der Waals surface area contributed by atoms with Crippen molar-refractivity contribution in [2.75, 3.05) is 0 Å². The van der Waals surface area contributed by atoms with E-state index < -0.39 is 28.2 Å². The zero-order chi connectivity index (χ0) is 9.94. The lowest BCUT2D eigenvalue weighted by atomic mass is 10.2. The molecule has 68 valence electrons. The summed E-state index contributed by atoms with van der Waals surface area (Å²) in [7, 11) is 0. The van der Waals surface area contributed by atoms with Gasteiger partial charge in [-0.15, -0.1) is 0 Å². The van der Waals surface area contributed by atoms with Crippen LogP contribution in [-0.2, 0) is 9.59 Å². The molecular formula is C4H5NO6S. The molecule has 0 fully saturated rings. The minimum atomic E-state index is -2.74. The van der Waals surface area contributed by atoms with Gasteiger partial charge in [-0.1, -0.05) is 12.6 Å². The summed E-state index contributed by atoms with van der Waals surface area (Å²) in [5, 5.41) is 26.5. The Morgan fingerprint density at radius 1 is 1.50 bits per heavy atom. The Morgan fingerprint density at radius 3 is 2.00 bits per heavy atom. The average Bonchev–Trinajstić information content (AvgIpc) is 1.84. The normalized spacial score (nSPS) is 14.8. The standard InChI is InChI=1S/C4H5NO6S/c6-2(7)1-4(12,3(8)9)5(10)11/h12H,1H2,(H,6,7)(H,8,9). The van der Waals surface area contributed by atoms with Crippen LogP contribution in [0.1, 0.15) is 6.42 Å². The molecule has 0 aromatic carbocycles. The zero-order valence-corrected chi connectivity index (χ0v) is 6.52. The fourth-order valence-corrected chi connectivity index (χ4v) is 0.564. The Balaban J connectivity index is 4.75. The fourth-order valence-electron chi connectivity index (χ4n) is 0.429. The summed E-state index contributed by atoms with van der Waals surface area (Å²) in [6.45, 7) is 0. The molecule has 2 N–H and O–H groups in total. The van der Waals surface area contributed by atoms with Gasteiger partial charge in [0, 0.05) is 4.92 Å². The van der Waals surface area contributed by atoms with Crippen molar-refractivity contribution in [2.24, 2.45) is 0 Å². The number of hydrogen-bond donors (Lipinski definition) is 3. The molecule has 12 heavy (non-hydrogen) atoms. The lowest BCUT2D eigenvalue weighted by Crippen LogP contribution is -2.42. The summed E-state index contributed by atoms with van der Waals surface area (Å²) in [6.07, 6.45) is -1.17. The van der Waals surface area contributed by atoms with E-state index in [-0.39, 0.29) is 0 Å². The number of hydrogen-bond acceptors (Lipinski definition) is 5. The van der Waals surface area contributed by atoms with Crippen LogP contribution < -0.4 is 0 Å². The van der Waals surface area contributed by atoms with Gasteiger partial charge in [0.25, 0.3) is 0 Å². The molecule has 0 aliphatic heterocycles. The first-order valence-corrected chi connectivity index (χ1v) is 3.07. The number of aliphatic carboxylic acids is 2. The van der Waals surface area contributed by atoms with Crippen molar-refractivity contribution in [1.82, 2.24) is 0 Å². The van der Waals surface area contributed by atoms with E-state index in [1.54, 1.807) is 0 Å². The molecule has 1 atom stereocenters. The molecule has 0 amide bonds. The van der Waals surface area contributed by atoms with E-state index in [1.807, 2.05) is 0 Å². The predicted octanol–water partition coefficient (Wildman–Crippen LogP) is -0.551. The van der Waals surface area contributed by atoms with Gasteiger partial charge in [0.15, 0.2) is 0 Å². The molecule has 1 unspecified atom stereocenters. The first kappa shape index (κ1) is 10.7. The van der Waals surface area contributed by atoms with Crippen LogP contribution in [0.3, 0.4) is 0 Å². The van der Waals surface area contributed by atoms with Crippen LogP contribution >= 0.6 is 12.6 Å². The summed E-state index contributed by atoms with van der Waals surface area (Å²) >= 11 is 3.17. The van der Waals surface area contributed by atoms with Gasteiger partial charge < -0.3 is 10.2 Å². The minimum Gasteiger partial charge on any atom is -0.481 e. The van der Waals surface area contributed by atoms with Gasteiger partial charge in [-0.05, 0) is 0 Å². The molecule has 0 rings (SSSR count). The highest BCUT2D eigenvalue weighted by atomic mass is 32.1. The van der Waals surface area contributed by atoms with E-state index >= 15 is 0 Å². The molecule has 8 heteroatoms. The van der Waals surface area contributed by atoms with Crippen LogP contribution in [0.15, 0.2) is 0 Å². The van der Waals surface area contributed by atoms with Gasteiger partial charge in [-0.2, -0.15) is 0 Å². The molecule has 0 aliphatic carbocycles. The number of rotatable bonds is 4. The van der Waals surface area contributed by atoms with Crippen molar-refractivity contribution in [1.29, 1.82) is 0 Å². The lowest BCUT2D eigenvalue weighted by Gasteiger charge is -2.11. The van der Waals surface area contributed by atoms with E-state index in [0.29, 0.717) is 0 Å². The molecule has 0 spiro atoms. The third-order valence-electron chi connectivity index (χ3n) is 1.04. The van der Waals surface area contributed by atoms with Crippen LogP contribution in [-0.4, -0.2) is 31.9 Å². The number of carboxylic acids is 2. The SMILES string of the molecule is O=C(O)CC(S)(C(=O)O)[N+](=O)[O-]. The van der Waals surface area contributed by atoms with E-state index in [9.17, 15) is 19.7 Å². The summed E-state index contributed by atoms with van der Waals surface area (Å²) in [5.41, 5.74) is 0. The maximum atomic E-state index is 10.2. The second-order valence-corrected chi connectivity index (χ2v) is 2.69. The molecule has 0 aromatic rings. The Kier molecular flexibility index (Phi) is 3.02. The van der Waals surface area contributed by atoms with Gasteiger partial charge in [-0.25, -0.2) is 4.79 Å². The molecule has 0 bridgehead atoms. The van der Waals surface area contributed by atoms with Gasteiger partial charge in [0.05, 0.1) is 0 Å². The third kappa shape index (κ3) is 2.09. The Morgan fingerprint density at radius 2 is 1.92 bits per heavy atom. The summed E-state index contributed by atoms with van der Waals surface area (Å²) in [5.74, 6) is -3.48. The third-order valence-corrected chi connectivity index (χ3v) is 1.55. The molecule has 0 radical (unpaired) electrons. The van der Waals surface area contributed by atoms with Crippen LogP contribution in [0.25, 0.3) is 0 Å². The van der Waals surface area contributed by atoms with Crippen molar-refractivity contribution in [3.8, 4) is 0 Å². The number of nitrogens with zero attached hydrogens (tertiary/aromatic N) is 1. The highest BCUT2D eigenvalue weighted by Gasteiger charge is 2.50.